The number of rotatable bonds is 7. The van der Waals surface area contributed by atoms with Gasteiger partial charge in [0.25, 0.3) is 0 Å². The average Bonchev–Trinajstić information content (AvgIpc) is 3.81. The van der Waals surface area contributed by atoms with Crippen molar-refractivity contribution in [3.8, 4) is 17.3 Å². The summed E-state index contributed by atoms with van der Waals surface area (Å²) in [6.07, 6.45) is 1.93. The Morgan fingerprint density at radius 1 is 0.507 bits per heavy atom. The van der Waals surface area contributed by atoms with Crippen molar-refractivity contribution in [1.82, 2.24) is 9.55 Å². The van der Waals surface area contributed by atoms with E-state index < -0.39 is 0 Å². The third kappa shape index (κ3) is 9.65. The number of aromatic nitrogens is 2. The molecule has 0 N–H and O–H groups in total. The summed E-state index contributed by atoms with van der Waals surface area (Å²) in [6, 6.07) is 47.2. The van der Waals surface area contributed by atoms with Crippen LogP contribution in [0, 0.1) is 29.6 Å². The molecule has 1 aliphatic heterocycles. The third-order valence-corrected chi connectivity index (χ3v) is 13.2. The molecule has 7 aromatic rings. The van der Waals surface area contributed by atoms with E-state index in [0.717, 1.165) is 33.8 Å². The minimum absolute atomic E-state index is 0. The largest absolute Gasteiger partial charge is 0.509 e. The van der Waals surface area contributed by atoms with Crippen LogP contribution in [0.5, 0.6) is 11.5 Å². The number of fused-ring (bicyclic) bond motifs is 3. The zero-order valence-electron chi connectivity index (χ0n) is 43.1. The normalized spacial score (nSPS) is 14.3. The summed E-state index contributed by atoms with van der Waals surface area (Å²) in [4.78, 5) is 9.77. The van der Waals surface area contributed by atoms with Crippen molar-refractivity contribution in [3.05, 3.63) is 173 Å². The van der Waals surface area contributed by atoms with Gasteiger partial charge in [0.05, 0.1) is 0 Å². The minimum atomic E-state index is -0.229. The van der Waals surface area contributed by atoms with Gasteiger partial charge in [-0.25, -0.2) is 4.98 Å². The number of ether oxygens (including phenoxy) is 1. The number of benzene rings is 5. The Balaban J connectivity index is 0.00000666. The summed E-state index contributed by atoms with van der Waals surface area (Å²) in [5.74, 6) is 2.15. The van der Waals surface area contributed by atoms with Crippen LogP contribution < -0.4 is 14.5 Å². The molecule has 0 saturated carbocycles. The molecule has 0 amide bonds. The van der Waals surface area contributed by atoms with Crippen molar-refractivity contribution in [2.45, 2.75) is 139 Å². The van der Waals surface area contributed by atoms with Gasteiger partial charge in [0, 0.05) is 77.6 Å². The van der Waals surface area contributed by atoms with E-state index >= 15 is 0 Å². The van der Waals surface area contributed by atoms with Crippen LogP contribution in [0.4, 0.5) is 11.4 Å². The molecule has 0 bridgehead atoms. The minimum Gasteiger partial charge on any atom is -0.509 e. The number of anilines is 2. The Kier molecular flexibility index (Phi) is 13.0. The molecule has 3 heterocycles. The average molecular weight is 1070 g/mol. The van der Waals surface area contributed by atoms with Crippen LogP contribution in [0.25, 0.3) is 27.6 Å². The molecule has 5 aromatic carbocycles. The van der Waals surface area contributed by atoms with Gasteiger partial charge >= 0.3 is 0 Å². The summed E-state index contributed by atoms with van der Waals surface area (Å²) >= 11 is 0. The molecular formula is C61H71N4OPt-3. The molecule has 1 aliphatic rings. The van der Waals surface area contributed by atoms with E-state index in [-0.39, 0.29) is 53.6 Å². The Labute approximate surface area is 416 Å². The van der Waals surface area contributed by atoms with Gasteiger partial charge in [0.2, 0.25) is 0 Å². The second kappa shape index (κ2) is 17.4. The van der Waals surface area contributed by atoms with Gasteiger partial charge in [0.15, 0.2) is 0 Å². The predicted molar refractivity (Wildman–Crippen MR) is 279 cm³/mol. The molecule has 0 aliphatic carbocycles. The zero-order valence-corrected chi connectivity index (χ0v) is 45.3. The maximum Gasteiger partial charge on any atom is 0.135 e. The number of hydrogen-bond donors (Lipinski definition) is 0. The van der Waals surface area contributed by atoms with Crippen LogP contribution in [0.2, 0.25) is 0 Å². The topological polar surface area (TPSA) is 33.5 Å². The monoisotopic (exact) mass is 1070 g/mol. The molecule has 0 saturated heterocycles. The Morgan fingerprint density at radius 2 is 1.10 bits per heavy atom. The standard InChI is InChI=1S/C61H71N4O.Pt/c1-56(2,3)41-30-31-62-52(35-41)65-50-29-22-21-28-48(50)53-49(58(7,8)9)37-47(38-51(53)65)66-46-34-43(57(4,5)6)33-45(36-46)64-39-63(54(59(10,11)12)55(64)60(13,14)15)44-27-23-26-42(32-44)61(16,17)40-24-19-18-20-25-40;/h18-35,37,39H,1-17H3;/q-3;. The van der Waals surface area contributed by atoms with Gasteiger partial charge in [-0.3, -0.25) is 0 Å². The van der Waals surface area contributed by atoms with Gasteiger partial charge < -0.3 is 19.1 Å². The molecule has 8 rings (SSSR count). The van der Waals surface area contributed by atoms with Crippen molar-refractivity contribution in [2.24, 2.45) is 10.8 Å². The quantitative estimate of drug-likeness (QED) is 0.149. The van der Waals surface area contributed by atoms with Crippen molar-refractivity contribution >= 4 is 33.2 Å². The van der Waals surface area contributed by atoms with Crippen molar-refractivity contribution in [2.75, 3.05) is 9.80 Å². The maximum absolute atomic E-state index is 7.13. The zero-order chi connectivity index (χ0) is 47.9. The molecule has 5 nitrogen and oxygen atoms in total. The molecule has 0 atom stereocenters. The number of nitrogens with zero attached hydrogens (tertiary/aromatic N) is 4. The van der Waals surface area contributed by atoms with Crippen molar-refractivity contribution < 1.29 is 25.8 Å². The molecule has 0 unspecified atom stereocenters. The van der Waals surface area contributed by atoms with Crippen LogP contribution in [-0.4, -0.2) is 9.55 Å². The van der Waals surface area contributed by atoms with Gasteiger partial charge in [-0.2, -0.15) is 0 Å². The number of hydrogen-bond acceptors (Lipinski definition) is 4. The number of allylic oxidation sites excluding steroid dienone is 2. The first-order chi connectivity index (χ1) is 30.6. The summed E-state index contributed by atoms with van der Waals surface area (Å²) in [5, 5.41) is 2.34. The van der Waals surface area contributed by atoms with Gasteiger partial charge in [-0.05, 0) is 68.7 Å². The van der Waals surface area contributed by atoms with Crippen LogP contribution in [0.15, 0.2) is 127 Å². The maximum atomic E-state index is 7.13. The molecule has 0 fully saturated rings. The molecule has 0 radical (unpaired) electrons. The number of para-hydroxylation sites is 1. The first kappa shape index (κ1) is 49.8. The molecule has 354 valence electrons. The Morgan fingerprint density at radius 3 is 1.73 bits per heavy atom. The Bertz CT molecular complexity index is 2970. The summed E-state index contributed by atoms with van der Waals surface area (Å²) in [5.41, 5.74) is 11.7. The van der Waals surface area contributed by atoms with Crippen molar-refractivity contribution in [3.63, 3.8) is 0 Å². The molecule has 6 heteroatoms. The second-order valence-corrected chi connectivity index (χ2v) is 24.1. The van der Waals surface area contributed by atoms with E-state index in [4.69, 9.17) is 9.72 Å². The predicted octanol–water partition coefficient (Wildman–Crippen LogP) is 16.5. The van der Waals surface area contributed by atoms with Gasteiger partial charge in [0.1, 0.15) is 5.82 Å². The van der Waals surface area contributed by atoms with Crippen LogP contribution in [0.1, 0.15) is 146 Å². The van der Waals surface area contributed by atoms with E-state index in [1.807, 2.05) is 6.20 Å². The molecule has 67 heavy (non-hydrogen) atoms. The van der Waals surface area contributed by atoms with Gasteiger partial charge in [-0.15, -0.1) is 53.8 Å². The van der Waals surface area contributed by atoms with E-state index in [2.05, 4.69) is 260 Å². The molecule has 0 spiro atoms. The Hall–Kier alpha value is -5.12. The second-order valence-electron chi connectivity index (χ2n) is 24.1. The van der Waals surface area contributed by atoms with Crippen LogP contribution in [0.3, 0.4) is 0 Å². The molecule has 2 aromatic heterocycles. The number of pyridine rings is 1. The summed E-state index contributed by atoms with van der Waals surface area (Å²) in [7, 11) is 0. The fourth-order valence-corrected chi connectivity index (χ4v) is 9.48. The van der Waals surface area contributed by atoms with E-state index in [1.54, 1.807) is 0 Å². The fraction of sp³-hybridized carbons (Fsp3) is 0.377. The molecular weight excluding hydrogens is 1000 g/mol. The van der Waals surface area contributed by atoms with Crippen LogP contribution in [-0.2, 0) is 42.7 Å². The first-order valence-corrected chi connectivity index (χ1v) is 23.7. The van der Waals surface area contributed by atoms with Gasteiger partial charge in [-0.1, -0.05) is 189 Å². The van der Waals surface area contributed by atoms with Crippen molar-refractivity contribution in [1.29, 1.82) is 0 Å². The van der Waals surface area contributed by atoms with E-state index in [9.17, 15) is 0 Å². The smallest absolute Gasteiger partial charge is 0.135 e. The fourth-order valence-electron chi connectivity index (χ4n) is 9.48. The van der Waals surface area contributed by atoms with Crippen LogP contribution >= 0.6 is 0 Å². The first-order valence-electron chi connectivity index (χ1n) is 23.7. The third-order valence-electron chi connectivity index (χ3n) is 13.2. The summed E-state index contributed by atoms with van der Waals surface area (Å²) < 4.78 is 9.39. The van der Waals surface area contributed by atoms with E-state index in [0.29, 0.717) is 11.5 Å². The SMILES string of the molecule is CC(C)(C)C1=C(C(C)(C)C)N(c2cccc(C(C)(C)c3ccccc3)c2)[CH-]N1c1[c-]c(Oc2[c-]c3c(c(C(C)(C)C)c2)c2ccccc2n3-c2cc(C(C)(C)C)ccn2)cc(C(C)(C)C)c1.[Pt]. The van der Waals surface area contributed by atoms with E-state index in [1.165, 1.54) is 44.4 Å². The summed E-state index contributed by atoms with van der Waals surface area (Å²) in [6.45, 7) is 41.2.